The molecule has 3 rings (SSSR count). The van der Waals surface area contributed by atoms with Crippen LogP contribution < -0.4 is 15.0 Å². The zero-order valence-electron chi connectivity index (χ0n) is 15.4. The Morgan fingerprint density at radius 1 is 1.07 bits per heavy atom. The predicted molar refractivity (Wildman–Crippen MR) is 101 cm³/mol. The molecule has 1 heterocycles. The van der Waals surface area contributed by atoms with Gasteiger partial charge in [-0.1, -0.05) is 18.2 Å². The lowest BCUT2D eigenvalue weighted by atomic mass is 10.1. The summed E-state index contributed by atoms with van der Waals surface area (Å²) in [5.74, 6) is 0.892. The molecule has 0 saturated carbocycles. The second-order valence-electron chi connectivity index (χ2n) is 5.59. The molecule has 1 N–H and O–H groups in total. The van der Waals surface area contributed by atoms with Crippen molar-refractivity contribution < 1.29 is 19.1 Å². The molecule has 140 valence electrons. The number of rotatable bonds is 7. The normalized spacial score (nSPS) is 10.5. The molecule has 7 nitrogen and oxygen atoms in total. The number of carbonyl (C=O) groups excluding carboxylic acids is 1. The Bertz CT molecular complexity index is 922. The molecule has 7 heteroatoms. The Labute approximate surface area is 157 Å². The smallest absolute Gasteiger partial charge is 0.293 e. The highest BCUT2D eigenvalue weighted by Crippen LogP contribution is 2.33. The predicted octanol–water partition coefficient (Wildman–Crippen LogP) is 3.24. The van der Waals surface area contributed by atoms with Crippen LogP contribution in [0.2, 0.25) is 0 Å². The molecular formula is C20H21N3O4. The Morgan fingerprint density at radius 3 is 2.52 bits per heavy atom. The van der Waals surface area contributed by atoms with Crippen molar-refractivity contribution in [3.05, 3.63) is 60.3 Å². The van der Waals surface area contributed by atoms with Crippen LogP contribution in [0, 0.1) is 0 Å². The van der Waals surface area contributed by atoms with Crippen molar-refractivity contribution in [3.63, 3.8) is 0 Å². The van der Waals surface area contributed by atoms with Crippen LogP contribution in [0.5, 0.6) is 11.5 Å². The van der Waals surface area contributed by atoms with Gasteiger partial charge in [0.1, 0.15) is 17.2 Å². The van der Waals surface area contributed by atoms with Crippen molar-refractivity contribution in [1.29, 1.82) is 0 Å². The molecule has 0 radical (unpaired) electrons. The Balaban J connectivity index is 2.10. The molecule has 0 spiro atoms. The van der Waals surface area contributed by atoms with Crippen LogP contribution in [-0.4, -0.2) is 36.5 Å². The van der Waals surface area contributed by atoms with Gasteiger partial charge >= 0.3 is 0 Å². The fourth-order valence-electron chi connectivity index (χ4n) is 2.64. The Hall–Kier alpha value is -3.32. The lowest BCUT2D eigenvalue weighted by molar-refractivity contribution is 0.0357. The molecule has 0 bridgehead atoms. The number of methoxy groups -OCH3 is 2. The minimum atomic E-state index is -0.382. The molecule has 27 heavy (non-hydrogen) atoms. The minimum absolute atomic E-state index is 0.350. The highest BCUT2D eigenvalue weighted by atomic mass is 16.6. The van der Waals surface area contributed by atoms with E-state index in [2.05, 4.69) is 10.6 Å². The third-order valence-corrected chi connectivity index (χ3v) is 3.94. The van der Waals surface area contributed by atoms with Crippen molar-refractivity contribution in [2.45, 2.75) is 6.92 Å². The number of amides is 1. The quantitative estimate of drug-likeness (QED) is 0.649. The molecule has 0 aliphatic rings. The van der Waals surface area contributed by atoms with Gasteiger partial charge in [0.25, 0.3) is 5.91 Å². The van der Waals surface area contributed by atoms with Gasteiger partial charge in [0.2, 0.25) is 0 Å². The number of benzene rings is 2. The molecular weight excluding hydrogens is 346 g/mol. The van der Waals surface area contributed by atoms with Crippen LogP contribution >= 0.6 is 0 Å². The third kappa shape index (κ3) is 3.93. The van der Waals surface area contributed by atoms with Crippen molar-refractivity contribution in [3.8, 4) is 28.4 Å². The molecule has 0 aliphatic carbocycles. The molecule has 1 amide bonds. The average Bonchev–Trinajstić information content (AvgIpc) is 3.17. The number of para-hydroxylation sites is 1. The summed E-state index contributed by atoms with van der Waals surface area (Å²) in [5, 5.41) is 4.62. The first-order chi connectivity index (χ1) is 13.2. The number of hydroxylamine groups is 1. The summed E-state index contributed by atoms with van der Waals surface area (Å²) in [4.78, 5) is 17.6. The minimum Gasteiger partial charge on any atom is -0.497 e. The first kappa shape index (κ1) is 18.5. The number of nitrogens with one attached hydrogen (secondary N) is 1. The number of ether oxygens (including phenoxy) is 2. The maximum atomic E-state index is 12.5. The second kappa shape index (κ2) is 8.37. The van der Waals surface area contributed by atoms with Crippen molar-refractivity contribution in [2.24, 2.45) is 0 Å². The standard InChI is InChI=1S/C20H21N3O4/c1-4-27-22-20(24)18-13-17(21-23(18)14-8-6-5-7-9-14)16-11-10-15(25-2)12-19(16)26-3/h5-13H,4H2,1-3H3,(H,22,24). The van der Waals surface area contributed by atoms with E-state index < -0.39 is 0 Å². The zero-order chi connectivity index (χ0) is 19.2. The monoisotopic (exact) mass is 367 g/mol. The van der Waals surface area contributed by atoms with E-state index in [1.54, 1.807) is 38.0 Å². The summed E-state index contributed by atoms with van der Waals surface area (Å²) in [6, 6.07) is 16.6. The van der Waals surface area contributed by atoms with Gasteiger partial charge in [0, 0.05) is 11.6 Å². The first-order valence-electron chi connectivity index (χ1n) is 8.48. The lowest BCUT2D eigenvalue weighted by Gasteiger charge is -2.08. The maximum absolute atomic E-state index is 12.5. The summed E-state index contributed by atoms with van der Waals surface area (Å²) in [6.07, 6.45) is 0. The fourth-order valence-corrected chi connectivity index (χ4v) is 2.64. The van der Waals surface area contributed by atoms with E-state index in [1.165, 1.54) is 0 Å². The molecule has 0 fully saturated rings. The average molecular weight is 367 g/mol. The zero-order valence-corrected chi connectivity index (χ0v) is 15.4. The van der Waals surface area contributed by atoms with Crippen molar-refractivity contribution in [2.75, 3.05) is 20.8 Å². The number of aromatic nitrogens is 2. The van der Waals surface area contributed by atoms with Crippen molar-refractivity contribution >= 4 is 5.91 Å². The van der Waals surface area contributed by atoms with Crippen LogP contribution in [-0.2, 0) is 4.84 Å². The number of nitrogens with zero attached hydrogens (tertiary/aromatic N) is 2. The Morgan fingerprint density at radius 2 is 1.85 bits per heavy atom. The summed E-state index contributed by atoms with van der Waals surface area (Å²) in [5.41, 5.74) is 4.88. The Kier molecular flexibility index (Phi) is 5.73. The molecule has 0 atom stereocenters. The molecule has 0 unspecified atom stereocenters. The van der Waals surface area contributed by atoms with Gasteiger partial charge in [-0.3, -0.25) is 9.63 Å². The van der Waals surface area contributed by atoms with E-state index in [4.69, 9.17) is 14.3 Å². The van der Waals surface area contributed by atoms with Crippen LogP contribution in [0.15, 0.2) is 54.6 Å². The van der Waals surface area contributed by atoms with E-state index >= 15 is 0 Å². The van der Waals surface area contributed by atoms with Crippen LogP contribution in [0.1, 0.15) is 17.4 Å². The fraction of sp³-hybridized carbons (Fsp3) is 0.200. The van der Waals surface area contributed by atoms with Gasteiger partial charge in [0.15, 0.2) is 0 Å². The molecule has 0 saturated heterocycles. The van der Waals surface area contributed by atoms with E-state index in [0.29, 0.717) is 29.5 Å². The van der Waals surface area contributed by atoms with Gasteiger partial charge < -0.3 is 9.47 Å². The molecule has 1 aromatic heterocycles. The van der Waals surface area contributed by atoms with Gasteiger partial charge in [-0.25, -0.2) is 10.2 Å². The summed E-state index contributed by atoms with van der Waals surface area (Å²) >= 11 is 0. The summed E-state index contributed by atoms with van der Waals surface area (Å²) in [6.45, 7) is 2.16. The van der Waals surface area contributed by atoms with E-state index in [9.17, 15) is 4.79 Å². The highest BCUT2D eigenvalue weighted by Gasteiger charge is 2.19. The first-order valence-corrected chi connectivity index (χ1v) is 8.48. The highest BCUT2D eigenvalue weighted by molar-refractivity contribution is 5.94. The van der Waals surface area contributed by atoms with Gasteiger partial charge in [0.05, 0.1) is 32.2 Å². The lowest BCUT2D eigenvalue weighted by Crippen LogP contribution is -2.26. The topological polar surface area (TPSA) is 74.6 Å². The van der Waals surface area contributed by atoms with Gasteiger partial charge in [-0.15, -0.1) is 0 Å². The summed E-state index contributed by atoms with van der Waals surface area (Å²) < 4.78 is 12.3. The van der Waals surface area contributed by atoms with E-state index in [0.717, 1.165) is 11.3 Å². The third-order valence-electron chi connectivity index (χ3n) is 3.94. The van der Waals surface area contributed by atoms with Crippen LogP contribution in [0.25, 0.3) is 16.9 Å². The van der Waals surface area contributed by atoms with Gasteiger partial charge in [-0.2, -0.15) is 5.10 Å². The molecule has 0 aliphatic heterocycles. The number of carbonyl (C=O) groups is 1. The summed E-state index contributed by atoms with van der Waals surface area (Å²) in [7, 11) is 3.17. The van der Waals surface area contributed by atoms with E-state index in [-0.39, 0.29) is 5.91 Å². The maximum Gasteiger partial charge on any atom is 0.293 e. The number of hydrogen-bond donors (Lipinski definition) is 1. The number of hydrogen-bond acceptors (Lipinski definition) is 5. The second-order valence-corrected chi connectivity index (χ2v) is 5.59. The molecule has 3 aromatic rings. The van der Waals surface area contributed by atoms with Crippen molar-refractivity contribution in [1.82, 2.24) is 15.3 Å². The van der Waals surface area contributed by atoms with E-state index in [1.807, 2.05) is 42.5 Å². The van der Waals surface area contributed by atoms with Crippen LogP contribution in [0.3, 0.4) is 0 Å². The van der Waals surface area contributed by atoms with Crippen LogP contribution in [0.4, 0.5) is 0 Å². The molecule has 2 aromatic carbocycles. The van der Waals surface area contributed by atoms with Gasteiger partial charge in [-0.05, 0) is 37.3 Å². The SMILES string of the molecule is CCONC(=O)c1cc(-c2ccc(OC)cc2OC)nn1-c1ccccc1. The largest absolute Gasteiger partial charge is 0.497 e.